The third-order valence-corrected chi connectivity index (χ3v) is 4.70. The van der Waals surface area contributed by atoms with Crippen LogP contribution in [0.2, 0.25) is 0 Å². The second-order valence-electron chi connectivity index (χ2n) is 4.32. The number of pyridine rings is 1. The van der Waals surface area contributed by atoms with E-state index in [0.29, 0.717) is 5.69 Å². The highest BCUT2D eigenvalue weighted by molar-refractivity contribution is 7.92. The van der Waals surface area contributed by atoms with Gasteiger partial charge in [0.05, 0.1) is 16.3 Å². The number of rotatable bonds is 3. The van der Waals surface area contributed by atoms with E-state index >= 15 is 0 Å². The van der Waals surface area contributed by atoms with E-state index in [2.05, 4.69) is 4.98 Å². The number of nitrogen functional groups attached to an aromatic ring is 1. The molecular weight excluding hydrogens is 281 g/mol. The maximum Gasteiger partial charge on any atom is 0.264 e. The Labute approximate surface area is 116 Å². The molecule has 1 aromatic heterocycles. The Morgan fingerprint density at radius 3 is 2.40 bits per heavy atom. The third-order valence-electron chi connectivity index (χ3n) is 2.94. The highest BCUT2D eigenvalue weighted by Crippen LogP contribution is 2.25. The van der Waals surface area contributed by atoms with Crippen molar-refractivity contribution in [3.63, 3.8) is 0 Å². The molecule has 7 heteroatoms. The van der Waals surface area contributed by atoms with E-state index in [4.69, 9.17) is 5.73 Å². The highest BCUT2D eigenvalue weighted by atomic mass is 32.2. The van der Waals surface area contributed by atoms with E-state index in [0.717, 1.165) is 10.4 Å². The van der Waals surface area contributed by atoms with E-state index < -0.39 is 15.8 Å². The lowest BCUT2D eigenvalue weighted by Gasteiger charge is -2.20. The van der Waals surface area contributed by atoms with Crippen molar-refractivity contribution in [1.82, 2.24) is 4.98 Å². The standard InChI is InChI=1S/C13H14FN3O2S/c1-9-7-11(8-12(15)13(9)14)20(18,19)17(2)10-3-5-16-6-4-10/h3-8H,15H2,1-2H3. The molecule has 0 radical (unpaired) electrons. The summed E-state index contributed by atoms with van der Waals surface area (Å²) in [5, 5.41) is 0. The monoisotopic (exact) mass is 295 g/mol. The maximum absolute atomic E-state index is 13.5. The second kappa shape index (κ2) is 5.09. The summed E-state index contributed by atoms with van der Waals surface area (Å²) in [6.45, 7) is 1.47. The average Bonchev–Trinajstić information content (AvgIpc) is 2.44. The smallest absolute Gasteiger partial charge is 0.264 e. The van der Waals surface area contributed by atoms with E-state index in [1.165, 1.54) is 32.4 Å². The van der Waals surface area contributed by atoms with Crippen LogP contribution in [-0.4, -0.2) is 20.4 Å². The predicted octanol–water partition coefficient (Wildman–Crippen LogP) is 1.94. The molecule has 0 aliphatic rings. The molecule has 0 saturated heterocycles. The van der Waals surface area contributed by atoms with Gasteiger partial charge in [0.1, 0.15) is 5.82 Å². The minimum atomic E-state index is -3.79. The number of nitrogens with two attached hydrogens (primary N) is 1. The summed E-state index contributed by atoms with van der Waals surface area (Å²) >= 11 is 0. The number of anilines is 2. The molecule has 0 amide bonds. The quantitative estimate of drug-likeness (QED) is 0.878. The number of nitrogens with zero attached hydrogens (tertiary/aromatic N) is 2. The molecule has 106 valence electrons. The van der Waals surface area contributed by atoms with Gasteiger partial charge in [-0.3, -0.25) is 9.29 Å². The van der Waals surface area contributed by atoms with Gasteiger partial charge in [-0.25, -0.2) is 12.8 Å². The van der Waals surface area contributed by atoms with Gasteiger partial charge >= 0.3 is 0 Å². The molecular formula is C13H14FN3O2S. The van der Waals surface area contributed by atoms with Crippen molar-refractivity contribution in [1.29, 1.82) is 0 Å². The van der Waals surface area contributed by atoms with Crippen LogP contribution >= 0.6 is 0 Å². The first-order valence-electron chi connectivity index (χ1n) is 5.78. The largest absolute Gasteiger partial charge is 0.396 e. The minimum Gasteiger partial charge on any atom is -0.396 e. The molecule has 0 aliphatic heterocycles. The van der Waals surface area contributed by atoms with Crippen molar-refractivity contribution in [3.8, 4) is 0 Å². The van der Waals surface area contributed by atoms with E-state index in [1.54, 1.807) is 12.1 Å². The Balaban J connectivity index is 2.51. The first-order valence-corrected chi connectivity index (χ1v) is 7.22. The van der Waals surface area contributed by atoms with Crippen LogP contribution < -0.4 is 10.0 Å². The van der Waals surface area contributed by atoms with Gasteiger partial charge < -0.3 is 5.73 Å². The number of sulfonamides is 1. The zero-order chi connectivity index (χ0) is 14.9. The van der Waals surface area contributed by atoms with Crippen LogP contribution in [0.5, 0.6) is 0 Å². The van der Waals surface area contributed by atoms with Crippen LogP contribution in [0.15, 0.2) is 41.6 Å². The zero-order valence-electron chi connectivity index (χ0n) is 11.0. The van der Waals surface area contributed by atoms with Gasteiger partial charge in [-0.2, -0.15) is 0 Å². The van der Waals surface area contributed by atoms with Crippen LogP contribution in [0.3, 0.4) is 0 Å². The summed E-state index contributed by atoms with van der Waals surface area (Å²) in [5.41, 5.74) is 5.95. The van der Waals surface area contributed by atoms with Crippen molar-refractivity contribution in [2.75, 3.05) is 17.1 Å². The number of benzene rings is 1. The van der Waals surface area contributed by atoms with Crippen LogP contribution in [0.25, 0.3) is 0 Å². The highest BCUT2D eigenvalue weighted by Gasteiger charge is 2.23. The molecule has 2 aromatic rings. The lowest BCUT2D eigenvalue weighted by molar-refractivity contribution is 0.592. The predicted molar refractivity (Wildman–Crippen MR) is 75.4 cm³/mol. The summed E-state index contributed by atoms with van der Waals surface area (Å²) in [4.78, 5) is 3.78. The maximum atomic E-state index is 13.5. The van der Waals surface area contributed by atoms with Crippen molar-refractivity contribution < 1.29 is 12.8 Å². The molecule has 0 saturated carbocycles. The summed E-state index contributed by atoms with van der Waals surface area (Å²) in [6, 6.07) is 5.52. The van der Waals surface area contributed by atoms with Crippen LogP contribution in [0, 0.1) is 12.7 Å². The molecule has 0 spiro atoms. The second-order valence-corrected chi connectivity index (χ2v) is 6.29. The fourth-order valence-electron chi connectivity index (χ4n) is 1.76. The molecule has 2 rings (SSSR count). The normalized spacial score (nSPS) is 11.3. The van der Waals surface area contributed by atoms with Gasteiger partial charge in [-0.05, 0) is 36.8 Å². The SMILES string of the molecule is Cc1cc(S(=O)(=O)N(C)c2ccncc2)cc(N)c1F. The fourth-order valence-corrected chi connectivity index (χ4v) is 3.08. The summed E-state index contributed by atoms with van der Waals surface area (Å²) in [5.74, 6) is -0.601. The van der Waals surface area contributed by atoms with Crippen molar-refractivity contribution in [2.45, 2.75) is 11.8 Å². The number of aromatic nitrogens is 1. The molecule has 0 atom stereocenters. The zero-order valence-corrected chi connectivity index (χ0v) is 11.9. The molecule has 0 bridgehead atoms. The molecule has 0 aliphatic carbocycles. The average molecular weight is 295 g/mol. The molecule has 0 fully saturated rings. The van der Waals surface area contributed by atoms with Crippen LogP contribution in [0.4, 0.5) is 15.8 Å². The van der Waals surface area contributed by atoms with E-state index in [1.807, 2.05) is 0 Å². The molecule has 2 N–H and O–H groups in total. The van der Waals surface area contributed by atoms with Crippen molar-refractivity contribution in [3.05, 3.63) is 48.0 Å². The minimum absolute atomic E-state index is 0.0480. The Morgan fingerprint density at radius 1 is 1.25 bits per heavy atom. The van der Waals surface area contributed by atoms with Gasteiger partial charge in [0.25, 0.3) is 10.0 Å². The van der Waals surface area contributed by atoms with Crippen LogP contribution in [-0.2, 0) is 10.0 Å². The summed E-state index contributed by atoms with van der Waals surface area (Å²) in [7, 11) is -2.38. The Kier molecular flexibility index (Phi) is 3.63. The lowest BCUT2D eigenvalue weighted by Crippen LogP contribution is -2.26. The Hall–Kier alpha value is -2.15. The Bertz CT molecular complexity index is 710. The van der Waals surface area contributed by atoms with Crippen molar-refractivity contribution in [2.24, 2.45) is 0 Å². The van der Waals surface area contributed by atoms with E-state index in [9.17, 15) is 12.8 Å². The number of halogens is 1. The van der Waals surface area contributed by atoms with Gasteiger partial charge in [0, 0.05) is 19.4 Å². The fraction of sp³-hybridized carbons (Fsp3) is 0.154. The van der Waals surface area contributed by atoms with Gasteiger partial charge in [0.2, 0.25) is 0 Å². The van der Waals surface area contributed by atoms with Crippen LogP contribution in [0.1, 0.15) is 5.56 Å². The summed E-state index contributed by atoms with van der Waals surface area (Å²) < 4.78 is 39.5. The third kappa shape index (κ3) is 2.44. The number of hydrogen-bond acceptors (Lipinski definition) is 4. The van der Waals surface area contributed by atoms with Gasteiger partial charge in [0.15, 0.2) is 0 Å². The first kappa shape index (κ1) is 14.3. The molecule has 0 unspecified atom stereocenters. The van der Waals surface area contributed by atoms with E-state index in [-0.39, 0.29) is 16.1 Å². The topological polar surface area (TPSA) is 76.3 Å². The lowest BCUT2D eigenvalue weighted by atomic mass is 10.2. The first-order chi connectivity index (χ1) is 9.34. The summed E-state index contributed by atoms with van der Waals surface area (Å²) in [6.07, 6.45) is 2.98. The molecule has 1 aromatic carbocycles. The van der Waals surface area contributed by atoms with Crippen molar-refractivity contribution >= 4 is 21.4 Å². The number of hydrogen-bond donors (Lipinski definition) is 1. The number of aryl methyl sites for hydroxylation is 1. The molecule has 1 heterocycles. The molecule has 20 heavy (non-hydrogen) atoms. The van der Waals surface area contributed by atoms with Gasteiger partial charge in [-0.15, -0.1) is 0 Å². The van der Waals surface area contributed by atoms with Gasteiger partial charge in [-0.1, -0.05) is 0 Å². The molecule has 5 nitrogen and oxygen atoms in total. The Morgan fingerprint density at radius 2 is 1.85 bits per heavy atom.